The lowest BCUT2D eigenvalue weighted by Crippen LogP contribution is -2.29. The van der Waals surface area contributed by atoms with E-state index in [9.17, 15) is 9.59 Å². The highest BCUT2D eigenvalue weighted by Gasteiger charge is 2.10. The molecule has 0 saturated heterocycles. The second-order valence-electron chi connectivity index (χ2n) is 4.86. The van der Waals surface area contributed by atoms with Crippen molar-refractivity contribution in [3.05, 3.63) is 47.8 Å². The highest BCUT2D eigenvalue weighted by molar-refractivity contribution is 5.91. The van der Waals surface area contributed by atoms with Crippen LogP contribution in [-0.4, -0.2) is 34.8 Å². The Kier molecular flexibility index (Phi) is 5.30. The van der Waals surface area contributed by atoms with Crippen molar-refractivity contribution in [3.8, 4) is 5.69 Å². The average Bonchev–Trinajstić information content (AvgIpc) is 2.96. The number of amides is 1. The zero-order valence-electron chi connectivity index (χ0n) is 12.7. The van der Waals surface area contributed by atoms with Crippen LogP contribution in [0.15, 0.2) is 36.5 Å². The van der Waals surface area contributed by atoms with Gasteiger partial charge in [0.15, 0.2) is 6.61 Å². The van der Waals surface area contributed by atoms with E-state index in [1.807, 2.05) is 19.9 Å². The van der Waals surface area contributed by atoms with Gasteiger partial charge in [-0.25, -0.2) is 9.48 Å². The van der Waals surface area contributed by atoms with Crippen LogP contribution in [0.25, 0.3) is 5.69 Å². The second kappa shape index (κ2) is 7.40. The fourth-order valence-electron chi connectivity index (χ4n) is 1.91. The number of aromatic nitrogens is 2. The van der Waals surface area contributed by atoms with E-state index in [1.54, 1.807) is 35.1 Å². The Labute approximate surface area is 129 Å². The Morgan fingerprint density at radius 2 is 1.95 bits per heavy atom. The fourth-order valence-corrected chi connectivity index (χ4v) is 1.91. The summed E-state index contributed by atoms with van der Waals surface area (Å²) in [5, 5.41) is 6.84. The molecule has 1 aromatic carbocycles. The third kappa shape index (κ3) is 3.94. The molecule has 0 radical (unpaired) electrons. The number of esters is 1. The molecule has 0 saturated carbocycles. The largest absolute Gasteiger partial charge is 0.452 e. The summed E-state index contributed by atoms with van der Waals surface area (Å²) < 4.78 is 6.74. The third-order valence-corrected chi connectivity index (χ3v) is 3.09. The molecule has 1 N–H and O–H groups in total. The number of carbonyl (C=O) groups is 2. The molecule has 116 valence electrons. The molecule has 1 heterocycles. The second-order valence-corrected chi connectivity index (χ2v) is 4.86. The van der Waals surface area contributed by atoms with E-state index in [2.05, 4.69) is 10.4 Å². The maximum atomic E-state index is 11.9. The smallest absolute Gasteiger partial charge is 0.338 e. The fraction of sp³-hybridized carbons (Fsp3) is 0.312. The first kappa shape index (κ1) is 15.8. The quantitative estimate of drug-likeness (QED) is 0.827. The van der Waals surface area contributed by atoms with E-state index < -0.39 is 5.97 Å². The Bertz CT molecular complexity index is 647. The van der Waals surface area contributed by atoms with Gasteiger partial charge in [0.25, 0.3) is 5.91 Å². The van der Waals surface area contributed by atoms with Gasteiger partial charge in [0.1, 0.15) is 0 Å². The Morgan fingerprint density at radius 1 is 1.23 bits per heavy atom. The summed E-state index contributed by atoms with van der Waals surface area (Å²) >= 11 is 0. The van der Waals surface area contributed by atoms with Crippen molar-refractivity contribution in [3.63, 3.8) is 0 Å². The Balaban J connectivity index is 1.94. The van der Waals surface area contributed by atoms with Crippen molar-refractivity contribution in [2.45, 2.75) is 20.3 Å². The molecule has 22 heavy (non-hydrogen) atoms. The summed E-state index contributed by atoms with van der Waals surface area (Å²) in [6.07, 6.45) is 2.56. The molecule has 0 spiro atoms. The molecule has 2 aromatic rings. The number of benzene rings is 1. The Morgan fingerprint density at radius 3 is 2.55 bits per heavy atom. The number of hydrogen-bond donors (Lipinski definition) is 1. The SMILES string of the molecule is CCCNC(=O)COC(=O)c1ccc(-n2nccc2C)cc1. The molecule has 0 aliphatic heterocycles. The van der Waals surface area contributed by atoms with Crippen LogP contribution >= 0.6 is 0 Å². The molecule has 6 heteroatoms. The first-order valence-electron chi connectivity index (χ1n) is 7.16. The zero-order valence-corrected chi connectivity index (χ0v) is 12.7. The number of hydrogen-bond acceptors (Lipinski definition) is 4. The van der Waals surface area contributed by atoms with E-state index in [1.165, 1.54) is 0 Å². The van der Waals surface area contributed by atoms with Gasteiger partial charge in [0.05, 0.1) is 11.3 Å². The monoisotopic (exact) mass is 301 g/mol. The van der Waals surface area contributed by atoms with Crippen LogP contribution in [0.5, 0.6) is 0 Å². The van der Waals surface area contributed by atoms with Crippen molar-refractivity contribution in [1.29, 1.82) is 0 Å². The number of carbonyl (C=O) groups excluding carboxylic acids is 2. The molecule has 0 atom stereocenters. The van der Waals surface area contributed by atoms with Gasteiger partial charge in [-0.15, -0.1) is 0 Å². The zero-order chi connectivity index (χ0) is 15.9. The lowest BCUT2D eigenvalue weighted by molar-refractivity contribution is -0.124. The van der Waals surface area contributed by atoms with Crippen LogP contribution in [0.2, 0.25) is 0 Å². The van der Waals surface area contributed by atoms with Gasteiger partial charge >= 0.3 is 5.97 Å². The minimum Gasteiger partial charge on any atom is -0.452 e. The maximum Gasteiger partial charge on any atom is 0.338 e. The molecule has 0 unspecified atom stereocenters. The molecule has 0 bridgehead atoms. The predicted molar refractivity (Wildman–Crippen MR) is 81.9 cm³/mol. The number of rotatable bonds is 6. The summed E-state index contributed by atoms with van der Waals surface area (Å²) in [5.41, 5.74) is 2.26. The highest BCUT2D eigenvalue weighted by atomic mass is 16.5. The summed E-state index contributed by atoms with van der Waals surface area (Å²) in [6, 6.07) is 8.78. The van der Waals surface area contributed by atoms with Crippen LogP contribution < -0.4 is 5.32 Å². The van der Waals surface area contributed by atoms with Crippen molar-refractivity contribution in [2.75, 3.05) is 13.2 Å². The van der Waals surface area contributed by atoms with Gasteiger partial charge in [0.2, 0.25) is 0 Å². The molecule has 1 amide bonds. The van der Waals surface area contributed by atoms with Crippen LogP contribution in [0, 0.1) is 6.92 Å². The molecular weight excluding hydrogens is 282 g/mol. The number of nitrogens with zero attached hydrogens (tertiary/aromatic N) is 2. The van der Waals surface area contributed by atoms with Crippen LogP contribution in [0.4, 0.5) is 0 Å². The lowest BCUT2D eigenvalue weighted by Gasteiger charge is -2.07. The number of nitrogens with one attached hydrogen (secondary N) is 1. The van der Waals surface area contributed by atoms with E-state index in [4.69, 9.17) is 4.74 Å². The molecule has 0 fully saturated rings. The van der Waals surface area contributed by atoms with Gasteiger partial charge < -0.3 is 10.1 Å². The third-order valence-electron chi connectivity index (χ3n) is 3.09. The van der Waals surface area contributed by atoms with E-state index in [0.29, 0.717) is 12.1 Å². The van der Waals surface area contributed by atoms with Crippen molar-refractivity contribution < 1.29 is 14.3 Å². The van der Waals surface area contributed by atoms with E-state index in [0.717, 1.165) is 17.8 Å². The van der Waals surface area contributed by atoms with Gasteiger partial charge in [-0.05, 0) is 43.7 Å². The number of ether oxygens (including phenoxy) is 1. The minimum atomic E-state index is -0.518. The molecule has 0 aliphatic rings. The standard InChI is InChI=1S/C16H19N3O3/c1-3-9-17-15(20)11-22-16(21)13-4-6-14(7-5-13)19-12(2)8-10-18-19/h4-8,10H,3,9,11H2,1-2H3,(H,17,20). The topological polar surface area (TPSA) is 73.2 Å². The molecule has 6 nitrogen and oxygen atoms in total. The lowest BCUT2D eigenvalue weighted by atomic mass is 10.2. The minimum absolute atomic E-state index is 0.265. The molecule has 1 aromatic heterocycles. The summed E-state index contributed by atoms with van der Waals surface area (Å²) in [4.78, 5) is 23.2. The van der Waals surface area contributed by atoms with Crippen molar-refractivity contribution >= 4 is 11.9 Å². The van der Waals surface area contributed by atoms with Crippen LogP contribution in [-0.2, 0) is 9.53 Å². The average molecular weight is 301 g/mol. The van der Waals surface area contributed by atoms with E-state index in [-0.39, 0.29) is 12.5 Å². The van der Waals surface area contributed by atoms with Crippen LogP contribution in [0.1, 0.15) is 29.4 Å². The highest BCUT2D eigenvalue weighted by Crippen LogP contribution is 2.12. The Hall–Kier alpha value is -2.63. The van der Waals surface area contributed by atoms with Gasteiger partial charge in [-0.1, -0.05) is 6.92 Å². The first-order valence-corrected chi connectivity index (χ1v) is 7.16. The van der Waals surface area contributed by atoms with Crippen LogP contribution in [0.3, 0.4) is 0 Å². The summed E-state index contributed by atoms with van der Waals surface area (Å²) in [5.74, 6) is -0.811. The maximum absolute atomic E-state index is 11.9. The normalized spacial score (nSPS) is 10.3. The van der Waals surface area contributed by atoms with Crippen molar-refractivity contribution in [2.24, 2.45) is 0 Å². The number of aryl methyl sites for hydroxylation is 1. The summed E-state index contributed by atoms with van der Waals surface area (Å²) in [6.45, 7) is 4.21. The van der Waals surface area contributed by atoms with Crippen molar-refractivity contribution in [1.82, 2.24) is 15.1 Å². The summed E-state index contributed by atoms with van der Waals surface area (Å²) in [7, 11) is 0. The predicted octanol–water partition coefficient (Wildman–Crippen LogP) is 1.86. The van der Waals surface area contributed by atoms with Gasteiger partial charge in [0, 0.05) is 18.4 Å². The molecular formula is C16H19N3O3. The molecule has 2 rings (SSSR count). The first-order chi connectivity index (χ1) is 10.6. The molecule has 0 aliphatic carbocycles. The van der Waals surface area contributed by atoms with Gasteiger partial charge in [-0.2, -0.15) is 5.10 Å². The van der Waals surface area contributed by atoms with E-state index >= 15 is 0 Å². The van der Waals surface area contributed by atoms with Gasteiger partial charge in [-0.3, -0.25) is 4.79 Å².